The fourth-order valence-corrected chi connectivity index (χ4v) is 2.80. The van der Waals surface area contributed by atoms with Crippen molar-refractivity contribution in [3.63, 3.8) is 0 Å². The third-order valence-electron chi connectivity index (χ3n) is 3.55. The molecule has 1 aliphatic heterocycles. The van der Waals surface area contributed by atoms with Crippen LogP contribution >= 0.6 is 15.9 Å². The molecule has 0 aliphatic carbocycles. The van der Waals surface area contributed by atoms with Crippen LogP contribution in [0.5, 0.6) is 5.75 Å². The van der Waals surface area contributed by atoms with Crippen LogP contribution in [-0.4, -0.2) is 25.9 Å². The fourth-order valence-electron chi connectivity index (χ4n) is 2.41. The molecule has 2 rings (SSSR count). The van der Waals surface area contributed by atoms with E-state index in [4.69, 9.17) is 9.47 Å². The van der Waals surface area contributed by atoms with Gasteiger partial charge in [-0.25, -0.2) is 0 Å². The van der Waals surface area contributed by atoms with Crippen molar-refractivity contribution in [2.45, 2.75) is 45.3 Å². The molecule has 0 bridgehead atoms. The maximum Gasteiger partial charge on any atom is 0.119 e. The van der Waals surface area contributed by atoms with Gasteiger partial charge in [0.25, 0.3) is 0 Å². The lowest BCUT2D eigenvalue weighted by Gasteiger charge is -2.12. The van der Waals surface area contributed by atoms with Crippen molar-refractivity contribution in [3.05, 3.63) is 28.2 Å². The predicted octanol–water partition coefficient (Wildman–Crippen LogP) is 3.90. The molecule has 1 fully saturated rings. The number of benzene rings is 1. The van der Waals surface area contributed by atoms with E-state index >= 15 is 0 Å². The highest BCUT2D eigenvalue weighted by molar-refractivity contribution is 9.10. The Balaban J connectivity index is 1.74. The lowest BCUT2D eigenvalue weighted by atomic mass is 10.1. The fraction of sp³-hybridized carbons (Fsp3) is 0.625. The zero-order valence-electron chi connectivity index (χ0n) is 12.2. The Labute approximate surface area is 130 Å². The van der Waals surface area contributed by atoms with Gasteiger partial charge in [-0.3, -0.25) is 0 Å². The molecule has 1 aliphatic rings. The number of nitrogens with one attached hydrogen (secondary N) is 1. The molecule has 1 atom stereocenters. The first kappa shape index (κ1) is 15.8. The molecule has 1 N–H and O–H groups in total. The van der Waals surface area contributed by atoms with E-state index in [1.807, 2.05) is 6.07 Å². The predicted molar refractivity (Wildman–Crippen MR) is 85.2 cm³/mol. The lowest BCUT2D eigenvalue weighted by Crippen LogP contribution is -2.12. The molecule has 1 heterocycles. The lowest BCUT2D eigenvalue weighted by molar-refractivity contribution is 0.0981. The van der Waals surface area contributed by atoms with E-state index in [0.717, 1.165) is 49.4 Å². The van der Waals surface area contributed by atoms with Crippen LogP contribution in [0.25, 0.3) is 0 Å². The minimum Gasteiger partial charge on any atom is -0.494 e. The van der Waals surface area contributed by atoms with Crippen molar-refractivity contribution in [1.82, 2.24) is 5.32 Å². The highest BCUT2D eigenvalue weighted by atomic mass is 79.9. The third-order valence-corrected chi connectivity index (χ3v) is 4.32. The summed E-state index contributed by atoms with van der Waals surface area (Å²) in [4.78, 5) is 0. The van der Waals surface area contributed by atoms with Crippen LogP contribution < -0.4 is 10.1 Å². The molecule has 0 saturated carbocycles. The van der Waals surface area contributed by atoms with Crippen molar-refractivity contribution in [2.75, 3.05) is 19.8 Å². The van der Waals surface area contributed by atoms with Gasteiger partial charge in [0.1, 0.15) is 5.75 Å². The molecule has 1 unspecified atom stereocenters. The van der Waals surface area contributed by atoms with Gasteiger partial charge in [0.05, 0.1) is 12.7 Å². The van der Waals surface area contributed by atoms with E-state index in [9.17, 15) is 0 Å². The van der Waals surface area contributed by atoms with E-state index in [-0.39, 0.29) is 0 Å². The van der Waals surface area contributed by atoms with Crippen molar-refractivity contribution in [1.29, 1.82) is 0 Å². The summed E-state index contributed by atoms with van der Waals surface area (Å²) in [5, 5.41) is 3.33. The molecule has 0 radical (unpaired) electrons. The molecule has 1 aromatic carbocycles. The van der Waals surface area contributed by atoms with Gasteiger partial charge < -0.3 is 14.8 Å². The van der Waals surface area contributed by atoms with Crippen molar-refractivity contribution >= 4 is 15.9 Å². The molecular formula is C16H24BrNO2. The smallest absolute Gasteiger partial charge is 0.119 e. The van der Waals surface area contributed by atoms with Gasteiger partial charge in [-0.05, 0) is 56.0 Å². The van der Waals surface area contributed by atoms with Crippen LogP contribution in [0.1, 0.15) is 38.2 Å². The summed E-state index contributed by atoms with van der Waals surface area (Å²) in [6, 6.07) is 6.19. The summed E-state index contributed by atoms with van der Waals surface area (Å²) in [6.07, 6.45) is 5.06. The Hall–Kier alpha value is -0.580. The van der Waals surface area contributed by atoms with E-state index < -0.39 is 0 Å². The summed E-state index contributed by atoms with van der Waals surface area (Å²) < 4.78 is 12.6. The van der Waals surface area contributed by atoms with Gasteiger partial charge in [0.15, 0.2) is 0 Å². The van der Waals surface area contributed by atoms with Crippen LogP contribution in [-0.2, 0) is 11.3 Å². The monoisotopic (exact) mass is 341 g/mol. The van der Waals surface area contributed by atoms with E-state index in [1.54, 1.807) is 0 Å². The molecular weight excluding hydrogens is 318 g/mol. The molecule has 0 aromatic heterocycles. The average molecular weight is 342 g/mol. The molecule has 0 amide bonds. The summed E-state index contributed by atoms with van der Waals surface area (Å²) in [5.74, 6) is 0.952. The Kier molecular flexibility index (Phi) is 6.83. The number of ether oxygens (including phenoxy) is 2. The first-order valence-corrected chi connectivity index (χ1v) is 8.32. The SMILES string of the molecule is CCNCc1cc(OCCCC2CCCO2)ccc1Br. The van der Waals surface area contributed by atoms with Gasteiger partial charge in [-0.1, -0.05) is 22.9 Å². The number of hydrogen-bond acceptors (Lipinski definition) is 3. The highest BCUT2D eigenvalue weighted by Gasteiger charge is 2.14. The molecule has 20 heavy (non-hydrogen) atoms. The van der Waals surface area contributed by atoms with E-state index in [2.05, 4.69) is 40.3 Å². The number of rotatable bonds is 8. The molecule has 4 heteroatoms. The minimum atomic E-state index is 0.466. The zero-order chi connectivity index (χ0) is 14.2. The average Bonchev–Trinajstić information content (AvgIpc) is 2.97. The van der Waals surface area contributed by atoms with Crippen LogP contribution in [0, 0.1) is 0 Å². The quantitative estimate of drug-likeness (QED) is 0.727. The van der Waals surface area contributed by atoms with Gasteiger partial charge >= 0.3 is 0 Å². The number of hydrogen-bond donors (Lipinski definition) is 1. The Morgan fingerprint density at radius 1 is 1.45 bits per heavy atom. The normalized spacial score (nSPS) is 18.4. The molecule has 1 aromatic rings. The largest absolute Gasteiger partial charge is 0.494 e. The second kappa shape index (κ2) is 8.65. The first-order chi connectivity index (χ1) is 9.79. The Morgan fingerprint density at radius 3 is 3.10 bits per heavy atom. The van der Waals surface area contributed by atoms with Crippen LogP contribution in [0.15, 0.2) is 22.7 Å². The summed E-state index contributed by atoms with van der Waals surface area (Å²) in [5.41, 5.74) is 1.24. The van der Waals surface area contributed by atoms with Crippen LogP contribution in [0.2, 0.25) is 0 Å². The van der Waals surface area contributed by atoms with Gasteiger partial charge in [0, 0.05) is 17.6 Å². The summed E-state index contributed by atoms with van der Waals surface area (Å²) in [7, 11) is 0. The van der Waals surface area contributed by atoms with Crippen LogP contribution in [0.3, 0.4) is 0 Å². The zero-order valence-corrected chi connectivity index (χ0v) is 13.7. The molecule has 112 valence electrons. The first-order valence-electron chi connectivity index (χ1n) is 7.53. The molecule has 1 saturated heterocycles. The van der Waals surface area contributed by atoms with Crippen molar-refractivity contribution in [2.24, 2.45) is 0 Å². The van der Waals surface area contributed by atoms with Gasteiger partial charge in [0.2, 0.25) is 0 Å². The molecule has 0 spiro atoms. The van der Waals surface area contributed by atoms with Crippen LogP contribution in [0.4, 0.5) is 0 Å². The van der Waals surface area contributed by atoms with Crippen molar-refractivity contribution < 1.29 is 9.47 Å². The van der Waals surface area contributed by atoms with Gasteiger partial charge in [-0.15, -0.1) is 0 Å². The summed E-state index contributed by atoms with van der Waals surface area (Å²) >= 11 is 3.58. The van der Waals surface area contributed by atoms with E-state index in [0.29, 0.717) is 6.10 Å². The highest BCUT2D eigenvalue weighted by Crippen LogP contribution is 2.23. The molecule has 3 nitrogen and oxygen atoms in total. The summed E-state index contributed by atoms with van der Waals surface area (Å²) in [6.45, 7) is 5.65. The van der Waals surface area contributed by atoms with E-state index in [1.165, 1.54) is 18.4 Å². The second-order valence-electron chi connectivity index (χ2n) is 5.16. The maximum absolute atomic E-state index is 5.84. The Morgan fingerprint density at radius 2 is 2.35 bits per heavy atom. The van der Waals surface area contributed by atoms with Crippen molar-refractivity contribution in [3.8, 4) is 5.75 Å². The van der Waals surface area contributed by atoms with Gasteiger partial charge in [-0.2, -0.15) is 0 Å². The Bertz CT molecular complexity index is 405. The maximum atomic E-state index is 5.84. The second-order valence-corrected chi connectivity index (χ2v) is 6.01. The topological polar surface area (TPSA) is 30.5 Å². The minimum absolute atomic E-state index is 0.466. The standard InChI is InChI=1S/C16H24BrNO2/c1-2-18-12-13-11-15(7-8-16(13)17)20-10-4-6-14-5-3-9-19-14/h7-8,11,14,18H,2-6,9-10,12H2,1H3. The third kappa shape index (κ3) is 5.08. The number of halogens is 1.